The molecule has 218 valence electrons. The van der Waals surface area contributed by atoms with Crippen molar-refractivity contribution in [1.82, 2.24) is 0 Å². The first kappa shape index (κ1) is 35.8. The van der Waals surface area contributed by atoms with Crippen LogP contribution in [0.4, 0.5) is 0 Å². The quantitative estimate of drug-likeness (QED) is 0.0655. The Bertz CT molecular complexity index is 909. The van der Waals surface area contributed by atoms with Gasteiger partial charge in [0.2, 0.25) is 0 Å². The number of carbonyl (C=O) groups excluding carboxylic acids is 6. The van der Waals surface area contributed by atoms with Crippen LogP contribution in [0.15, 0.2) is 36.5 Å². The molecule has 12 nitrogen and oxygen atoms in total. The van der Waals surface area contributed by atoms with E-state index in [2.05, 4.69) is 16.4 Å². The Morgan fingerprint density at radius 2 is 1.03 bits per heavy atom. The Labute approximate surface area is 234 Å². The van der Waals surface area contributed by atoms with Crippen molar-refractivity contribution in [2.75, 3.05) is 19.8 Å². The van der Waals surface area contributed by atoms with Crippen LogP contribution in [0.25, 0.3) is 0 Å². The Hall–Kier alpha value is -3.16. The van der Waals surface area contributed by atoms with E-state index in [1.165, 1.54) is 6.08 Å². The summed E-state index contributed by atoms with van der Waals surface area (Å²) in [5.74, 6) is -5.67. The third-order valence-corrected chi connectivity index (χ3v) is 11.7. The summed E-state index contributed by atoms with van der Waals surface area (Å²) < 4.78 is 30.3. The molecule has 0 saturated carbocycles. The Morgan fingerprint density at radius 3 is 1.54 bits per heavy atom. The summed E-state index contributed by atoms with van der Waals surface area (Å²) in [7, 11) is 0. The Morgan fingerprint density at radius 1 is 0.564 bits per heavy atom. The molecule has 0 N–H and O–H groups in total. The molecule has 39 heavy (non-hydrogen) atoms. The fraction of sp³-hybridized carbons (Fsp3) is 0.538. The zero-order chi connectivity index (χ0) is 29.5. The van der Waals surface area contributed by atoms with Gasteiger partial charge in [-0.3, -0.25) is 0 Å². The second-order valence-electron chi connectivity index (χ2n) is 7.80. The number of ether oxygens (including phenoxy) is 3. The average molecular weight is 661 g/mol. The number of hydrogen-bond acceptors (Lipinski definition) is 12. The van der Waals surface area contributed by atoms with Gasteiger partial charge in [-0.25, -0.2) is 0 Å². The molecule has 0 amide bonds. The molecule has 0 heterocycles. The van der Waals surface area contributed by atoms with Gasteiger partial charge in [0.25, 0.3) is 0 Å². The Balaban J connectivity index is 5.76. The topological polar surface area (TPSA) is 158 Å². The SMILES string of the molecule is C/C=C\C(=O)[O][Sn]([CH2]CCCCCCC)([O]C(=O)/C=C\C(=O)OCC)[O]C(=O)/C=C\C(=O)OCC(=O)OCC. The maximum atomic E-state index is 12.6. The summed E-state index contributed by atoms with van der Waals surface area (Å²) in [5.41, 5.74) is 0. The summed E-state index contributed by atoms with van der Waals surface area (Å²) in [4.78, 5) is 72.2. The van der Waals surface area contributed by atoms with Gasteiger partial charge in [0, 0.05) is 0 Å². The van der Waals surface area contributed by atoms with Gasteiger partial charge in [-0.1, -0.05) is 0 Å². The van der Waals surface area contributed by atoms with E-state index >= 15 is 0 Å². The number of esters is 3. The van der Waals surface area contributed by atoms with Crippen molar-refractivity contribution in [3.63, 3.8) is 0 Å². The van der Waals surface area contributed by atoms with Crippen LogP contribution < -0.4 is 0 Å². The van der Waals surface area contributed by atoms with Crippen LogP contribution in [-0.4, -0.2) is 75.3 Å². The van der Waals surface area contributed by atoms with Gasteiger partial charge in [-0.2, -0.15) is 0 Å². The summed E-state index contributed by atoms with van der Waals surface area (Å²) in [6, 6.07) is 0. The first-order valence-electron chi connectivity index (χ1n) is 12.8. The molecule has 0 spiro atoms. The van der Waals surface area contributed by atoms with Crippen LogP contribution in [0.2, 0.25) is 4.44 Å². The molecule has 0 rings (SSSR count). The van der Waals surface area contributed by atoms with Crippen LogP contribution in [0.3, 0.4) is 0 Å². The summed E-state index contributed by atoms with van der Waals surface area (Å²) >= 11 is -5.34. The van der Waals surface area contributed by atoms with E-state index in [1.54, 1.807) is 20.8 Å². The minimum absolute atomic E-state index is 0.0179. The molecule has 0 fully saturated rings. The molecular formula is C26H38O12Sn. The molecule has 0 aromatic carbocycles. The molecule has 0 aromatic heterocycles. The molecule has 0 bridgehead atoms. The predicted octanol–water partition coefficient (Wildman–Crippen LogP) is 3.27. The van der Waals surface area contributed by atoms with E-state index in [4.69, 9.17) is 14.0 Å². The van der Waals surface area contributed by atoms with Crippen molar-refractivity contribution >= 4 is 55.4 Å². The third kappa shape index (κ3) is 18.7. The molecule has 0 radical (unpaired) electrons. The second-order valence-corrected chi connectivity index (χ2v) is 14.9. The molecule has 0 aliphatic carbocycles. The Kier molecular flexibility index (Phi) is 20.0. The first-order chi connectivity index (χ1) is 18.6. The maximum absolute atomic E-state index is 12.6. The standard InChI is InChI=1S/C8H10O6.C8H17.C6H8O4.C4H6O2.Sn/c1-2-13-8(12)5-14-7(11)4-3-6(9)10;1-3-5-7-8-6-4-2;1-2-10-6(9)4-3-5(7)8;1-2-3-4(5)6;/h3-4H,2,5H2,1H3,(H,9,10);1,3-8H2,2H3;3-4H,2H2,1H3,(H,7,8);2-3H,1H3,(H,5,6);/q;;;;+3/p-3/b4-3-;;4-3-;3-2-;. The molecular weight excluding hydrogens is 623 g/mol. The van der Waals surface area contributed by atoms with Crippen LogP contribution >= 0.6 is 0 Å². The average Bonchev–Trinajstić information content (AvgIpc) is 2.87. The second kappa shape index (κ2) is 21.7. The molecule has 0 saturated heterocycles. The summed E-state index contributed by atoms with van der Waals surface area (Å²) in [6.45, 7) is 6.35. The van der Waals surface area contributed by atoms with Crippen molar-refractivity contribution in [3.8, 4) is 0 Å². The van der Waals surface area contributed by atoms with Crippen molar-refractivity contribution in [1.29, 1.82) is 0 Å². The zero-order valence-corrected chi connectivity index (χ0v) is 25.8. The molecule has 0 aliphatic heterocycles. The molecule has 1 atom stereocenters. The number of rotatable bonds is 19. The monoisotopic (exact) mass is 662 g/mol. The van der Waals surface area contributed by atoms with Gasteiger partial charge >= 0.3 is 235 Å². The van der Waals surface area contributed by atoms with Crippen LogP contribution in [0.5, 0.6) is 0 Å². The normalized spacial score (nSPS) is 12.6. The van der Waals surface area contributed by atoms with E-state index < -0.39 is 62.0 Å². The zero-order valence-electron chi connectivity index (χ0n) is 22.9. The summed E-state index contributed by atoms with van der Waals surface area (Å²) in [6.07, 6.45) is 10.6. The molecule has 0 aromatic rings. The first-order valence-corrected chi connectivity index (χ1v) is 18.3. The molecule has 0 aliphatic rings. The number of hydrogen-bond donors (Lipinski definition) is 0. The van der Waals surface area contributed by atoms with Gasteiger partial charge in [0.1, 0.15) is 0 Å². The van der Waals surface area contributed by atoms with Crippen molar-refractivity contribution in [3.05, 3.63) is 36.5 Å². The number of unbranched alkanes of at least 4 members (excludes halogenated alkanes) is 5. The minimum atomic E-state index is -5.34. The van der Waals surface area contributed by atoms with E-state index in [0.717, 1.165) is 43.9 Å². The fourth-order valence-corrected chi connectivity index (χ4v) is 9.27. The van der Waals surface area contributed by atoms with Gasteiger partial charge in [0.05, 0.1) is 0 Å². The number of allylic oxidation sites excluding steroid dienone is 1. The molecule has 1 unspecified atom stereocenters. The number of carbonyl (C=O) groups is 6. The molecule has 13 heteroatoms. The van der Waals surface area contributed by atoms with E-state index in [1.807, 2.05) is 0 Å². The van der Waals surface area contributed by atoms with E-state index in [-0.39, 0.29) is 17.7 Å². The van der Waals surface area contributed by atoms with Gasteiger partial charge in [-0.05, 0) is 0 Å². The predicted molar refractivity (Wildman–Crippen MR) is 140 cm³/mol. The van der Waals surface area contributed by atoms with Crippen molar-refractivity contribution < 1.29 is 52.2 Å². The van der Waals surface area contributed by atoms with Crippen LogP contribution in [-0.2, 0) is 52.2 Å². The van der Waals surface area contributed by atoms with Gasteiger partial charge in [-0.15, -0.1) is 0 Å². The van der Waals surface area contributed by atoms with Gasteiger partial charge < -0.3 is 0 Å². The fourth-order valence-electron chi connectivity index (χ4n) is 2.88. The summed E-state index contributed by atoms with van der Waals surface area (Å²) in [5, 5.41) is 0. The van der Waals surface area contributed by atoms with E-state index in [9.17, 15) is 28.8 Å². The van der Waals surface area contributed by atoms with Crippen molar-refractivity contribution in [2.24, 2.45) is 0 Å². The van der Waals surface area contributed by atoms with Crippen LogP contribution in [0, 0.1) is 0 Å². The van der Waals surface area contributed by atoms with Crippen LogP contribution in [0.1, 0.15) is 66.2 Å². The van der Waals surface area contributed by atoms with Crippen molar-refractivity contribution in [2.45, 2.75) is 70.7 Å². The third-order valence-electron chi connectivity index (χ3n) is 4.54. The van der Waals surface area contributed by atoms with E-state index in [0.29, 0.717) is 25.0 Å². The van der Waals surface area contributed by atoms with Gasteiger partial charge in [0.15, 0.2) is 0 Å².